The van der Waals surface area contributed by atoms with Crippen LogP contribution in [0.2, 0.25) is 0 Å². The Balaban J connectivity index is -0.0000000600. The van der Waals surface area contributed by atoms with Gasteiger partial charge in [0, 0.05) is 0 Å². The van der Waals surface area contributed by atoms with Crippen molar-refractivity contribution in [2.45, 2.75) is 0 Å². The molecule has 0 heterocycles. The van der Waals surface area contributed by atoms with Crippen LogP contribution >= 0.6 is 58.1 Å². The molecule has 12 N–H and O–H groups in total. The Morgan fingerprint density at radius 1 is 0.500 bits per heavy atom. The Morgan fingerprint density at radius 3 is 0.500 bits per heavy atom. The summed E-state index contributed by atoms with van der Waals surface area (Å²) < 4.78 is 0. The molecular formula is H12Cl6N3Ru+. The summed E-state index contributed by atoms with van der Waals surface area (Å²) in [6.07, 6.45) is 0. The van der Waals surface area contributed by atoms with Crippen molar-refractivity contribution in [2.75, 3.05) is 0 Å². The first kappa shape index (κ1) is 22.8. The summed E-state index contributed by atoms with van der Waals surface area (Å²) >= 11 is 0. The van der Waals surface area contributed by atoms with Crippen LogP contribution < -0.4 is 18.5 Å². The van der Waals surface area contributed by atoms with Crippen LogP contribution in [0.4, 0.5) is 0 Å². The van der Waals surface area contributed by atoms with Crippen molar-refractivity contribution in [3.8, 4) is 0 Å². The third-order valence-electron chi connectivity index (χ3n) is 0. The van der Waals surface area contributed by atoms with E-state index < -0.39 is 6.48 Å². The van der Waals surface area contributed by atoms with Gasteiger partial charge in [-0.1, -0.05) is 0 Å². The fourth-order valence-electron chi connectivity index (χ4n) is 0. The standard InChI is InChI=1S/6ClH.3H3N.Ru/h6*1H;3*1H3;/q;;;;;;;;;+4/p-3. The summed E-state index contributed by atoms with van der Waals surface area (Å²) in [5.74, 6) is 0. The molecule has 0 aromatic heterocycles. The van der Waals surface area contributed by atoms with Crippen molar-refractivity contribution in [1.82, 2.24) is 18.5 Å². The molecule has 3 nitrogen and oxygen atoms in total. The van der Waals surface area contributed by atoms with Crippen LogP contribution in [0.25, 0.3) is 0 Å². The molecule has 0 rings (SSSR count). The molecule has 0 aliphatic heterocycles. The maximum Gasteiger partial charge on any atom is -0.369 e. The predicted molar refractivity (Wildman–Crippen MR) is 53.1 cm³/mol. The second-order valence-electron chi connectivity index (χ2n) is 0.758. The molecule has 0 atom stereocenters. The van der Waals surface area contributed by atoms with Crippen LogP contribution in [0.15, 0.2) is 0 Å². The second-order valence-corrected chi connectivity index (χ2v) is 40.3. The average molecular weight is 368 g/mol. The van der Waals surface area contributed by atoms with Gasteiger partial charge < -0.3 is 18.5 Å². The number of quaternary nitrogens is 3. The van der Waals surface area contributed by atoms with Gasteiger partial charge in [0.2, 0.25) is 0 Å². The van der Waals surface area contributed by atoms with Gasteiger partial charge in [0.05, 0.1) is 0 Å². The van der Waals surface area contributed by atoms with E-state index >= 15 is 0 Å². The van der Waals surface area contributed by atoms with Crippen LogP contribution in [-0.2, 0) is 6.48 Å². The normalized spacial score (nSPS) is 16.2. The molecule has 0 fully saturated rings. The number of rotatable bonds is 0. The van der Waals surface area contributed by atoms with E-state index in [0.717, 1.165) is 0 Å². The van der Waals surface area contributed by atoms with Crippen molar-refractivity contribution in [2.24, 2.45) is 0 Å². The zero-order valence-electron chi connectivity index (χ0n) is 5.62. The minimum atomic E-state index is -5.22. The number of hydrogen-bond acceptors (Lipinski definition) is 0. The third kappa shape index (κ3) is 174. The summed E-state index contributed by atoms with van der Waals surface area (Å²) in [6, 6.07) is 0. The van der Waals surface area contributed by atoms with Gasteiger partial charge >= 0.3 is 64.6 Å². The molecule has 0 aromatic rings. The van der Waals surface area contributed by atoms with Gasteiger partial charge in [-0.2, -0.15) is 0 Å². The van der Waals surface area contributed by atoms with E-state index in [2.05, 4.69) is 0 Å². The van der Waals surface area contributed by atoms with E-state index in [4.69, 9.17) is 58.1 Å². The monoisotopic (exact) mass is 366 g/mol. The molecule has 0 spiro atoms. The molecule has 0 aromatic carbocycles. The van der Waals surface area contributed by atoms with Crippen LogP contribution in [-0.4, -0.2) is 0 Å². The van der Waals surface area contributed by atoms with Crippen molar-refractivity contribution < 1.29 is 6.48 Å². The van der Waals surface area contributed by atoms with E-state index in [1.54, 1.807) is 0 Å². The first-order chi connectivity index (χ1) is 2.45. The Morgan fingerprint density at radius 2 is 0.500 bits per heavy atom. The summed E-state index contributed by atoms with van der Waals surface area (Å²) in [7, 11) is 30.3. The molecule has 10 heteroatoms. The number of halogens is 6. The van der Waals surface area contributed by atoms with Crippen molar-refractivity contribution >= 4 is 58.1 Å². The van der Waals surface area contributed by atoms with E-state index in [9.17, 15) is 0 Å². The topological polar surface area (TPSA) is 110 Å². The largest absolute Gasteiger partial charge is 0.369 e. The zero-order chi connectivity index (χ0) is 6.41. The van der Waals surface area contributed by atoms with Gasteiger partial charge in [-0.25, -0.2) is 0 Å². The van der Waals surface area contributed by atoms with Gasteiger partial charge in [0.15, 0.2) is 0 Å². The minimum Gasteiger partial charge on any atom is -0.369 e. The summed E-state index contributed by atoms with van der Waals surface area (Å²) in [4.78, 5) is 0. The Hall–Kier alpha value is 2.24. The molecule has 0 aliphatic rings. The maximum atomic E-state index is 5.04. The van der Waals surface area contributed by atoms with Crippen LogP contribution in [0.3, 0.4) is 0 Å². The Bertz CT molecular complexity index is 71.6. The Labute approximate surface area is 82.3 Å². The quantitative estimate of drug-likeness (QED) is 0.485. The fourth-order valence-corrected chi connectivity index (χ4v) is 0. The molecular weight excluding hydrogens is 356 g/mol. The minimum absolute atomic E-state index is 0. The predicted octanol–water partition coefficient (Wildman–Crippen LogP) is 5.26. The van der Waals surface area contributed by atoms with Gasteiger partial charge in [0.1, 0.15) is 0 Å². The SMILES string of the molecule is [Cl][Ru-2]([Cl])([Cl])([Cl])([Cl])[Cl].[NH4+].[NH4+].[NH4+]. The molecule has 0 amide bonds. The van der Waals surface area contributed by atoms with Crippen molar-refractivity contribution in [3.05, 3.63) is 0 Å². The maximum absolute atomic E-state index is 5.22. The first-order valence-electron chi connectivity index (χ1n) is 0.802. The molecule has 0 bridgehead atoms. The van der Waals surface area contributed by atoms with Crippen molar-refractivity contribution in [1.29, 1.82) is 0 Å². The zero-order valence-corrected chi connectivity index (χ0v) is 11.9. The number of hydrogen-bond donors (Lipinski definition) is 3. The van der Waals surface area contributed by atoms with E-state index in [1.807, 2.05) is 0 Å². The molecule has 0 saturated carbocycles. The van der Waals surface area contributed by atoms with Crippen LogP contribution in [0.1, 0.15) is 0 Å². The van der Waals surface area contributed by atoms with Crippen LogP contribution in [0, 0.1) is 0 Å². The molecule has 0 radical (unpaired) electrons. The van der Waals surface area contributed by atoms with Gasteiger partial charge in [-0.15, -0.1) is 0 Å². The van der Waals surface area contributed by atoms with Gasteiger partial charge in [-0.3, -0.25) is 0 Å². The van der Waals surface area contributed by atoms with E-state index in [1.165, 1.54) is 0 Å². The summed E-state index contributed by atoms with van der Waals surface area (Å²) in [5, 5.41) is 0. The molecule has 76 valence electrons. The van der Waals surface area contributed by atoms with E-state index in [-0.39, 0.29) is 18.5 Å². The van der Waals surface area contributed by atoms with Gasteiger partial charge in [-0.05, 0) is 0 Å². The second kappa shape index (κ2) is 3.97. The first-order valence-corrected chi connectivity index (χ1v) is 14.2. The summed E-state index contributed by atoms with van der Waals surface area (Å²) in [5.41, 5.74) is 0. The van der Waals surface area contributed by atoms with Crippen LogP contribution in [0.5, 0.6) is 0 Å². The smallest absolute Gasteiger partial charge is 0.369 e. The molecule has 0 unspecified atom stereocenters. The average Bonchev–Trinajstić information content (AvgIpc) is 0.592. The van der Waals surface area contributed by atoms with Crippen molar-refractivity contribution in [3.63, 3.8) is 0 Å². The molecule has 0 saturated heterocycles. The summed E-state index contributed by atoms with van der Waals surface area (Å²) in [6.45, 7) is -5.22. The fraction of sp³-hybridized carbons (Fsp3) is 0. The van der Waals surface area contributed by atoms with E-state index in [0.29, 0.717) is 0 Å². The van der Waals surface area contributed by atoms with Gasteiger partial charge in [0.25, 0.3) is 0 Å². The molecule has 10 heavy (non-hydrogen) atoms. The third-order valence-corrected chi connectivity index (χ3v) is 0. The molecule has 0 aliphatic carbocycles. The Kier molecular flexibility index (Phi) is 9.04.